The first-order valence-electron chi connectivity index (χ1n) is 7.02. The Morgan fingerprint density at radius 1 is 1.24 bits per heavy atom. The smallest absolute Gasteiger partial charge is 0.251 e. The Balaban J connectivity index is 1.81. The minimum Gasteiger partial charge on any atom is -0.345 e. The number of amides is 1. The van der Waals surface area contributed by atoms with E-state index in [4.69, 9.17) is 0 Å². The van der Waals surface area contributed by atoms with Crippen molar-refractivity contribution in [2.45, 2.75) is 30.2 Å². The fourth-order valence-corrected chi connectivity index (χ4v) is 3.01. The molecule has 0 saturated carbocycles. The van der Waals surface area contributed by atoms with E-state index >= 15 is 0 Å². The second-order valence-corrected chi connectivity index (χ2v) is 5.77. The molecule has 1 atom stereocenters. The predicted octanol–water partition coefficient (Wildman–Crippen LogP) is 3.92. The average molecular weight is 301 g/mol. The number of hydrogen-bond donors (Lipinski definition) is 2. The molecule has 3 rings (SSSR count). The monoisotopic (exact) mass is 301 g/mol. The summed E-state index contributed by atoms with van der Waals surface area (Å²) in [4.78, 5) is 12.5. The summed E-state index contributed by atoms with van der Waals surface area (Å²) in [5.41, 5.74) is 2.91. The van der Waals surface area contributed by atoms with Crippen LogP contribution in [0.1, 0.15) is 40.4 Å². The van der Waals surface area contributed by atoms with Crippen LogP contribution >= 0.6 is 12.6 Å². The minimum atomic E-state index is -0.419. The molecule has 2 aromatic rings. The highest BCUT2D eigenvalue weighted by atomic mass is 32.1. The summed E-state index contributed by atoms with van der Waals surface area (Å²) >= 11 is 4.02. The van der Waals surface area contributed by atoms with Crippen LogP contribution in [0.25, 0.3) is 0 Å². The van der Waals surface area contributed by atoms with Gasteiger partial charge in [-0.25, -0.2) is 4.39 Å². The fraction of sp³-hybridized carbons (Fsp3) is 0.235. The van der Waals surface area contributed by atoms with Gasteiger partial charge in [0.15, 0.2) is 0 Å². The van der Waals surface area contributed by atoms with E-state index in [0.717, 1.165) is 19.3 Å². The lowest BCUT2D eigenvalue weighted by atomic mass is 9.87. The van der Waals surface area contributed by atoms with E-state index in [1.807, 2.05) is 12.1 Å². The number of benzene rings is 2. The van der Waals surface area contributed by atoms with Crippen LogP contribution in [-0.2, 0) is 6.42 Å². The van der Waals surface area contributed by atoms with Crippen LogP contribution in [0.2, 0.25) is 0 Å². The van der Waals surface area contributed by atoms with Crippen molar-refractivity contribution in [2.24, 2.45) is 0 Å². The van der Waals surface area contributed by atoms with Crippen molar-refractivity contribution in [1.29, 1.82) is 0 Å². The van der Waals surface area contributed by atoms with E-state index in [2.05, 4.69) is 30.1 Å². The zero-order chi connectivity index (χ0) is 14.8. The molecule has 2 nitrogen and oxygen atoms in total. The van der Waals surface area contributed by atoms with Gasteiger partial charge in [-0.3, -0.25) is 4.79 Å². The molecule has 108 valence electrons. The summed E-state index contributed by atoms with van der Waals surface area (Å²) in [6, 6.07) is 12.4. The molecule has 2 aromatic carbocycles. The third kappa shape index (κ3) is 2.95. The molecule has 1 unspecified atom stereocenters. The summed E-state index contributed by atoms with van der Waals surface area (Å²) in [5.74, 6) is -0.607. The van der Waals surface area contributed by atoms with Gasteiger partial charge < -0.3 is 5.32 Å². The minimum absolute atomic E-state index is 0.0240. The number of fused-ring (bicyclic) bond motifs is 1. The molecule has 1 aliphatic rings. The van der Waals surface area contributed by atoms with Crippen molar-refractivity contribution < 1.29 is 9.18 Å². The number of carbonyl (C=O) groups is 1. The first kappa shape index (κ1) is 14.1. The lowest BCUT2D eigenvalue weighted by molar-refractivity contribution is 0.0932. The maximum Gasteiger partial charge on any atom is 0.251 e. The highest BCUT2D eigenvalue weighted by Gasteiger charge is 2.22. The lowest BCUT2D eigenvalue weighted by Gasteiger charge is -2.26. The van der Waals surface area contributed by atoms with Crippen LogP contribution in [0.15, 0.2) is 47.4 Å². The molecular formula is C17H16FNOS. The van der Waals surface area contributed by atoms with E-state index in [0.29, 0.717) is 5.56 Å². The van der Waals surface area contributed by atoms with Crippen LogP contribution in [0, 0.1) is 5.82 Å². The molecule has 0 aromatic heterocycles. The van der Waals surface area contributed by atoms with Gasteiger partial charge in [0, 0.05) is 10.5 Å². The zero-order valence-corrected chi connectivity index (χ0v) is 12.4. The Morgan fingerprint density at radius 3 is 2.86 bits per heavy atom. The number of hydrogen-bond acceptors (Lipinski definition) is 2. The summed E-state index contributed by atoms with van der Waals surface area (Å²) in [6.07, 6.45) is 3.04. The second-order valence-electron chi connectivity index (χ2n) is 5.28. The molecule has 0 heterocycles. The first-order valence-corrected chi connectivity index (χ1v) is 7.47. The van der Waals surface area contributed by atoms with Gasteiger partial charge in [-0.2, -0.15) is 0 Å². The fourth-order valence-electron chi connectivity index (χ4n) is 2.80. The molecule has 0 radical (unpaired) electrons. The van der Waals surface area contributed by atoms with Crippen LogP contribution < -0.4 is 5.32 Å². The standard InChI is InChI=1S/C17H16FNOS/c18-14-9-8-12(10-16(14)21)17(20)19-15-7-3-5-11-4-1-2-6-13(11)15/h1-2,4,6,8-10,15,21H,3,5,7H2,(H,19,20). The average Bonchev–Trinajstić information content (AvgIpc) is 2.50. The third-order valence-electron chi connectivity index (χ3n) is 3.88. The Kier molecular flexibility index (Phi) is 3.97. The summed E-state index contributed by atoms with van der Waals surface area (Å²) < 4.78 is 13.2. The molecule has 4 heteroatoms. The van der Waals surface area contributed by atoms with Gasteiger partial charge in [0.05, 0.1) is 6.04 Å². The van der Waals surface area contributed by atoms with Crippen LogP contribution in [0.4, 0.5) is 4.39 Å². The largest absolute Gasteiger partial charge is 0.345 e. The van der Waals surface area contributed by atoms with E-state index < -0.39 is 5.82 Å². The van der Waals surface area contributed by atoms with Crippen molar-refractivity contribution >= 4 is 18.5 Å². The van der Waals surface area contributed by atoms with E-state index in [1.165, 1.54) is 29.3 Å². The highest BCUT2D eigenvalue weighted by Crippen LogP contribution is 2.29. The van der Waals surface area contributed by atoms with Crippen molar-refractivity contribution in [3.8, 4) is 0 Å². The maximum absolute atomic E-state index is 13.2. The number of carbonyl (C=O) groups excluding carboxylic acids is 1. The molecule has 0 fully saturated rings. The second kappa shape index (κ2) is 5.90. The molecule has 0 spiro atoms. The van der Waals surface area contributed by atoms with Crippen molar-refractivity contribution in [3.05, 3.63) is 65.0 Å². The molecule has 0 saturated heterocycles. The highest BCUT2D eigenvalue weighted by molar-refractivity contribution is 7.80. The van der Waals surface area contributed by atoms with Gasteiger partial charge >= 0.3 is 0 Å². The number of rotatable bonds is 2. The Morgan fingerprint density at radius 2 is 2.05 bits per heavy atom. The number of aryl methyl sites for hydroxylation is 1. The van der Waals surface area contributed by atoms with Gasteiger partial charge in [0.1, 0.15) is 5.82 Å². The van der Waals surface area contributed by atoms with Gasteiger partial charge in [-0.15, -0.1) is 12.6 Å². The summed E-state index contributed by atoms with van der Waals surface area (Å²) in [5, 5.41) is 3.04. The van der Waals surface area contributed by atoms with Gasteiger partial charge in [0.2, 0.25) is 0 Å². The molecule has 0 bridgehead atoms. The molecule has 1 amide bonds. The van der Waals surface area contributed by atoms with Crippen molar-refractivity contribution in [1.82, 2.24) is 5.32 Å². The SMILES string of the molecule is O=C(NC1CCCc2ccccc21)c1ccc(F)c(S)c1. The quantitative estimate of drug-likeness (QED) is 0.809. The molecule has 21 heavy (non-hydrogen) atoms. The maximum atomic E-state index is 13.2. The Hall–Kier alpha value is -1.81. The van der Waals surface area contributed by atoms with Crippen LogP contribution in [-0.4, -0.2) is 5.91 Å². The normalized spacial score (nSPS) is 17.1. The van der Waals surface area contributed by atoms with Crippen molar-refractivity contribution in [3.63, 3.8) is 0 Å². The van der Waals surface area contributed by atoms with E-state index in [1.54, 1.807) is 0 Å². The number of halogens is 1. The topological polar surface area (TPSA) is 29.1 Å². The number of thiol groups is 1. The molecule has 1 aliphatic carbocycles. The Labute approximate surface area is 128 Å². The van der Waals surface area contributed by atoms with E-state index in [9.17, 15) is 9.18 Å². The van der Waals surface area contributed by atoms with Gasteiger partial charge in [-0.05, 0) is 48.6 Å². The Bertz CT molecular complexity index is 686. The van der Waals surface area contributed by atoms with E-state index in [-0.39, 0.29) is 16.8 Å². The number of nitrogens with one attached hydrogen (secondary N) is 1. The summed E-state index contributed by atoms with van der Waals surface area (Å²) in [6.45, 7) is 0. The predicted molar refractivity (Wildman–Crippen MR) is 83.2 cm³/mol. The van der Waals surface area contributed by atoms with Crippen LogP contribution in [0.3, 0.4) is 0 Å². The first-order chi connectivity index (χ1) is 10.1. The molecular weight excluding hydrogens is 285 g/mol. The summed E-state index contributed by atoms with van der Waals surface area (Å²) in [7, 11) is 0. The van der Waals surface area contributed by atoms with Gasteiger partial charge in [-0.1, -0.05) is 24.3 Å². The molecule has 1 N–H and O–H groups in total. The third-order valence-corrected chi connectivity index (χ3v) is 4.23. The van der Waals surface area contributed by atoms with Crippen LogP contribution in [0.5, 0.6) is 0 Å². The molecule has 0 aliphatic heterocycles. The zero-order valence-electron chi connectivity index (χ0n) is 11.5. The van der Waals surface area contributed by atoms with Gasteiger partial charge in [0.25, 0.3) is 5.91 Å². The lowest BCUT2D eigenvalue weighted by Crippen LogP contribution is -2.31. The van der Waals surface area contributed by atoms with Crippen molar-refractivity contribution in [2.75, 3.05) is 0 Å².